The molecule has 9 nitrogen and oxygen atoms in total. The van der Waals surface area contributed by atoms with Gasteiger partial charge in [-0.05, 0) is 6.07 Å². The third-order valence-corrected chi connectivity index (χ3v) is 2.60. The first-order chi connectivity index (χ1) is 9.45. The summed E-state index contributed by atoms with van der Waals surface area (Å²) in [5, 5.41) is 26.8. The second-order valence-electron chi connectivity index (χ2n) is 3.93. The minimum atomic E-state index is -0.685. The molecule has 0 spiro atoms. The quantitative estimate of drug-likeness (QED) is 0.431. The molecule has 2 N–H and O–H groups in total. The maximum Gasteiger partial charge on any atom is 0.280 e. The minimum Gasteiger partial charge on any atom is -0.359 e. The van der Waals surface area contributed by atoms with Crippen molar-refractivity contribution in [2.75, 3.05) is 13.6 Å². The van der Waals surface area contributed by atoms with E-state index in [1.165, 1.54) is 19.2 Å². The number of carbonyl (C=O) groups is 1. The Morgan fingerprint density at radius 3 is 2.50 bits per heavy atom. The van der Waals surface area contributed by atoms with Crippen LogP contribution in [0.3, 0.4) is 0 Å². The molecule has 0 atom stereocenters. The molecule has 0 saturated carbocycles. The summed E-state index contributed by atoms with van der Waals surface area (Å²) in [6, 6.07) is 3.47. The molecule has 0 unspecified atom stereocenters. The van der Waals surface area contributed by atoms with E-state index in [1.54, 1.807) is 0 Å². The van der Waals surface area contributed by atoms with Crippen LogP contribution in [-0.4, -0.2) is 29.3 Å². The zero-order valence-electron chi connectivity index (χ0n) is 10.8. The van der Waals surface area contributed by atoms with Gasteiger partial charge in [-0.1, -0.05) is 0 Å². The van der Waals surface area contributed by atoms with E-state index in [9.17, 15) is 25.0 Å². The van der Waals surface area contributed by atoms with Crippen molar-refractivity contribution in [2.24, 2.45) is 0 Å². The third kappa shape index (κ3) is 4.28. The van der Waals surface area contributed by atoms with Crippen molar-refractivity contribution in [1.82, 2.24) is 10.6 Å². The second kappa shape index (κ2) is 7.14. The van der Waals surface area contributed by atoms with E-state index in [0.717, 1.165) is 6.07 Å². The lowest BCUT2D eigenvalue weighted by Gasteiger charge is -2.05. The number of rotatable bonds is 7. The lowest BCUT2D eigenvalue weighted by Crippen LogP contribution is -2.24. The van der Waals surface area contributed by atoms with E-state index in [4.69, 9.17) is 0 Å². The fourth-order valence-corrected chi connectivity index (χ4v) is 1.54. The van der Waals surface area contributed by atoms with Gasteiger partial charge in [0.05, 0.1) is 15.9 Å². The van der Waals surface area contributed by atoms with Crippen LogP contribution in [0.1, 0.15) is 12.0 Å². The summed E-state index contributed by atoms with van der Waals surface area (Å²) >= 11 is 0. The number of nitrogens with zero attached hydrogens (tertiary/aromatic N) is 2. The van der Waals surface area contributed by atoms with Gasteiger partial charge in [0.1, 0.15) is 0 Å². The summed E-state index contributed by atoms with van der Waals surface area (Å²) in [6.45, 7) is 0.513. The van der Waals surface area contributed by atoms with Crippen molar-refractivity contribution in [2.45, 2.75) is 13.0 Å². The highest BCUT2D eigenvalue weighted by atomic mass is 16.6. The van der Waals surface area contributed by atoms with Crippen molar-refractivity contribution < 1.29 is 14.6 Å². The Morgan fingerprint density at radius 1 is 1.25 bits per heavy atom. The smallest absolute Gasteiger partial charge is 0.280 e. The molecule has 0 radical (unpaired) electrons. The fourth-order valence-electron chi connectivity index (χ4n) is 1.54. The highest BCUT2D eigenvalue weighted by molar-refractivity contribution is 5.75. The first kappa shape index (κ1) is 15.5. The van der Waals surface area contributed by atoms with Gasteiger partial charge in [0, 0.05) is 38.2 Å². The van der Waals surface area contributed by atoms with Gasteiger partial charge in [-0.25, -0.2) is 0 Å². The molecule has 108 valence electrons. The number of nitro groups is 2. The van der Waals surface area contributed by atoms with Crippen LogP contribution >= 0.6 is 0 Å². The van der Waals surface area contributed by atoms with E-state index >= 15 is 0 Å². The van der Waals surface area contributed by atoms with Gasteiger partial charge in [0.15, 0.2) is 0 Å². The molecule has 0 aliphatic heterocycles. The van der Waals surface area contributed by atoms with Gasteiger partial charge < -0.3 is 10.6 Å². The highest BCUT2D eigenvalue weighted by Gasteiger charge is 2.18. The first-order valence-electron chi connectivity index (χ1n) is 5.78. The lowest BCUT2D eigenvalue weighted by molar-refractivity contribution is -0.394. The fraction of sp³-hybridized carbons (Fsp3) is 0.364. The van der Waals surface area contributed by atoms with Crippen molar-refractivity contribution in [3.8, 4) is 0 Å². The summed E-state index contributed by atoms with van der Waals surface area (Å²) in [6.07, 6.45) is 0.247. The molecule has 1 rings (SSSR count). The number of non-ortho nitro benzene ring substituents is 1. The van der Waals surface area contributed by atoms with Crippen LogP contribution in [0, 0.1) is 20.2 Å². The Kier molecular flexibility index (Phi) is 5.54. The lowest BCUT2D eigenvalue weighted by atomic mass is 10.1. The number of nitrogens with one attached hydrogen (secondary N) is 2. The Morgan fingerprint density at radius 2 is 1.95 bits per heavy atom. The monoisotopic (exact) mass is 282 g/mol. The second-order valence-corrected chi connectivity index (χ2v) is 3.93. The normalized spacial score (nSPS) is 10.1. The van der Waals surface area contributed by atoms with Crippen molar-refractivity contribution in [1.29, 1.82) is 0 Å². The topological polar surface area (TPSA) is 127 Å². The summed E-state index contributed by atoms with van der Waals surface area (Å²) < 4.78 is 0. The number of nitro benzene ring substituents is 2. The molecule has 1 aromatic carbocycles. The van der Waals surface area contributed by atoms with Crippen molar-refractivity contribution in [3.63, 3.8) is 0 Å². The van der Waals surface area contributed by atoms with Crippen molar-refractivity contribution >= 4 is 17.3 Å². The van der Waals surface area contributed by atoms with Crippen molar-refractivity contribution in [3.05, 3.63) is 44.0 Å². The molecule has 0 bridgehead atoms. The van der Waals surface area contributed by atoms with Gasteiger partial charge in [-0.3, -0.25) is 25.0 Å². The average molecular weight is 282 g/mol. The molecule has 0 heterocycles. The van der Waals surface area contributed by atoms with Gasteiger partial charge in [0.25, 0.3) is 11.4 Å². The van der Waals surface area contributed by atoms with Crippen LogP contribution in [0.2, 0.25) is 0 Å². The molecule has 1 amide bonds. The molecule has 0 fully saturated rings. The summed E-state index contributed by atoms with van der Waals surface area (Å²) in [5.74, 6) is -0.143. The predicted molar refractivity (Wildman–Crippen MR) is 70.1 cm³/mol. The van der Waals surface area contributed by atoms with Gasteiger partial charge in [0.2, 0.25) is 5.91 Å². The van der Waals surface area contributed by atoms with Gasteiger partial charge >= 0.3 is 0 Å². The summed E-state index contributed by atoms with van der Waals surface area (Å²) in [4.78, 5) is 31.1. The zero-order valence-corrected chi connectivity index (χ0v) is 10.8. The molecule has 0 aliphatic rings. The van der Waals surface area contributed by atoms with Crippen LogP contribution in [0.4, 0.5) is 11.4 Å². The maximum absolute atomic E-state index is 11.0. The predicted octanol–water partition coefficient (Wildman–Crippen LogP) is 0.729. The zero-order chi connectivity index (χ0) is 15.1. The molecule has 20 heavy (non-hydrogen) atoms. The van der Waals surface area contributed by atoms with Crippen LogP contribution in [0.5, 0.6) is 0 Å². The van der Waals surface area contributed by atoms with Crippen LogP contribution in [0.25, 0.3) is 0 Å². The van der Waals surface area contributed by atoms with Crippen LogP contribution < -0.4 is 10.6 Å². The van der Waals surface area contributed by atoms with Gasteiger partial charge in [-0.2, -0.15) is 0 Å². The average Bonchev–Trinajstić information content (AvgIpc) is 2.42. The molecule has 1 aromatic rings. The van der Waals surface area contributed by atoms with Crippen LogP contribution in [-0.2, 0) is 11.3 Å². The summed E-state index contributed by atoms with van der Waals surface area (Å²) in [5.41, 5.74) is -0.310. The third-order valence-electron chi connectivity index (χ3n) is 2.60. The number of benzene rings is 1. The number of hydrogen-bond acceptors (Lipinski definition) is 6. The minimum absolute atomic E-state index is 0.143. The van der Waals surface area contributed by atoms with E-state index < -0.39 is 9.85 Å². The molecular formula is C11H14N4O5. The SMILES string of the molecule is CNC(=O)CCNCc1ccc([N+](=O)[O-])cc1[N+](=O)[O-]. The maximum atomic E-state index is 11.0. The van der Waals surface area contributed by atoms with Crippen LogP contribution in [0.15, 0.2) is 18.2 Å². The van der Waals surface area contributed by atoms with E-state index in [2.05, 4.69) is 10.6 Å². The first-order valence-corrected chi connectivity index (χ1v) is 5.78. The Balaban J connectivity index is 2.72. The molecule has 0 saturated heterocycles. The Labute approximate surface area is 114 Å². The largest absolute Gasteiger partial charge is 0.359 e. The molecule has 0 aromatic heterocycles. The van der Waals surface area contributed by atoms with E-state index in [-0.39, 0.29) is 30.2 Å². The molecule has 0 aliphatic carbocycles. The standard InChI is InChI=1S/C11H14N4O5/c1-12-11(16)4-5-13-7-8-2-3-9(14(17)18)6-10(8)15(19)20/h2-3,6,13H,4-5,7H2,1H3,(H,12,16). The van der Waals surface area contributed by atoms with Gasteiger partial charge in [-0.15, -0.1) is 0 Å². The number of hydrogen-bond donors (Lipinski definition) is 2. The summed E-state index contributed by atoms with van der Waals surface area (Å²) in [7, 11) is 1.52. The number of amides is 1. The van der Waals surface area contributed by atoms with E-state index in [1.807, 2.05) is 0 Å². The highest BCUT2D eigenvalue weighted by Crippen LogP contribution is 2.24. The Hall–Kier alpha value is -2.55. The Bertz CT molecular complexity index is 532. The number of carbonyl (C=O) groups excluding carboxylic acids is 1. The molecular weight excluding hydrogens is 268 g/mol. The molecule has 9 heteroatoms. The van der Waals surface area contributed by atoms with E-state index in [0.29, 0.717) is 12.1 Å².